The summed E-state index contributed by atoms with van der Waals surface area (Å²) >= 11 is 0. The maximum Gasteiger partial charge on any atom is 0.204 e. The van der Waals surface area contributed by atoms with Crippen LogP contribution in [0.2, 0.25) is 0 Å². The molecule has 0 unspecified atom stereocenters. The van der Waals surface area contributed by atoms with Gasteiger partial charge in [-0.3, -0.25) is 4.79 Å². The van der Waals surface area contributed by atoms with Gasteiger partial charge in [0.05, 0.1) is 17.1 Å². The summed E-state index contributed by atoms with van der Waals surface area (Å²) in [5.41, 5.74) is 4.88. The first-order valence-corrected chi connectivity index (χ1v) is 8.02. The molecule has 25 heavy (non-hydrogen) atoms. The standard InChI is InChI=1S/C20H14N4O/c25-20-11-18-9-16-4-3-14(22-16)7-12-1-2-13(21-12)8-15-5-6-17(23-15)10-19(20)24-18/h1-11,21-22,24H/b14-7-,15-8-,16-9-,19-10-. The molecule has 8 bridgehead atoms. The van der Waals surface area contributed by atoms with Gasteiger partial charge in [-0.05, 0) is 60.7 Å². The Balaban J connectivity index is 1.71. The van der Waals surface area contributed by atoms with Crippen LogP contribution < -0.4 is 16.0 Å². The van der Waals surface area contributed by atoms with Crippen LogP contribution >= 0.6 is 0 Å². The monoisotopic (exact) mass is 326 g/mol. The number of carbonyl (C=O) groups is 1. The van der Waals surface area contributed by atoms with Crippen LogP contribution in [-0.2, 0) is 4.79 Å². The predicted octanol–water partition coefficient (Wildman–Crippen LogP) is 1.26. The van der Waals surface area contributed by atoms with Gasteiger partial charge in [0.25, 0.3) is 0 Å². The fourth-order valence-corrected chi connectivity index (χ4v) is 3.05. The fraction of sp³-hybridized carbons (Fsp3) is 0. The summed E-state index contributed by atoms with van der Waals surface area (Å²) in [7, 11) is 0. The molecule has 5 rings (SSSR count). The Morgan fingerprint density at radius 1 is 0.760 bits per heavy atom. The third-order valence-electron chi connectivity index (χ3n) is 4.19. The van der Waals surface area contributed by atoms with Crippen molar-refractivity contribution in [1.29, 1.82) is 0 Å². The number of nitrogens with one attached hydrogen (secondary N) is 3. The maximum absolute atomic E-state index is 12.2. The second kappa shape index (κ2) is 5.21. The normalized spacial score (nSPS) is 24.7. The largest absolute Gasteiger partial charge is 0.355 e. The second-order valence-corrected chi connectivity index (χ2v) is 6.11. The zero-order valence-electron chi connectivity index (χ0n) is 13.2. The average Bonchev–Trinajstić information content (AvgIpc) is 3.33. The molecular formula is C20H14N4O. The van der Waals surface area contributed by atoms with E-state index in [2.05, 4.69) is 20.3 Å². The van der Waals surface area contributed by atoms with Crippen LogP contribution in [0.1, 0.15) is 11.4 Å². The molecule has 3 N–H and O–H groups in total. The van der Waals surface area contributed by atoms with Gasteiger partial charge in [0.2, 0.25) is 5.78 Å². The molecule has 0 amide bonds. The van der Waals surface area contributed by atoms with Crippen LogP contribution in [0.3, 0.4) is 0 Å². The quantitative estimate of drug-likeness (QED) is 0.682. The van der Waals surface area contributed by atoms with Crippen molar-refractivity contribution in [1.82, 2.24) is 15.3 Å². The van der Waals surface area contributed by atoms with E-state index in [-0.39, 0.29) is 5.78 Å². The van der Waals surface area contributed by atoms with Gasteiger partial charge in [0, 0.05) is 33.9 Å². The number of aliphatic imine (C=N–C) groups is 1. The predicted molar refractivity (Wildman–Crippen MR) is 97.7 cm³/mol. The molecule has 0 aliphatic carbocycles. The number of aromatic amines is 2. The number of allylic oxidation sites excluding steroid dienone is 5. The Morgan fingerprint density at radius 2 is 1.56 bits per heavy atom. The Kier molecular flexibility index (Phi) is 2.87. The number of aromatic nitrogens is 2. The number of hydrogen-bond donors (Lipinski definition) is 3. The van der Waals surface area contributed by atoms with E-state index in [1.54, 1.807) is 12.2 Å². The molecule has 120 valence electrons. The Labute approximate surface area is 143 Å². The summed E-state index contributed by atoms with van der Waals surface area (Å²) < 4.78 is 0. The van der Waals surface area contributed by atoms with E-state index >= 15 is 0 Å². The van der Waals surface area contributed by atoms with Gasteiger partial charge in [-0.1, -0.05) is 0 Å². The molecule has 5 nitrogen and oxygen atoms in total. The minimum Gasteiger partial charge on any atom is -0.355 e. The molecule has 0 radical (unpaired) electrons. The van der Waals surface area contributed by atoms with Crippen LogP contribution in [0.4, 0.5) is 0 Å². The summed E-state index contributed by atoms with van der Waals surface area (Å²) in [5.74, 6) is -0.0453. The number of ketones is 1. The van der Waals surface area contributed by atoms with E-state index in [9.17, 15) is 4.79 Å². The molecule has 3 aliphatic rings. The maximum atomic E-state index is 12.2. The van der Waals surface area contributed by atoms with E-state index in [1.807, 2.05) is 54.6 Å². The van der Waals surface area contributed by atoms with Crippen LogP contribution in [0.15, 0.2) is 70.7 Å². The Morgan fingerprint density at radius 3 is 2.44 bits per heavy atom. The van der Waals surface area contributed by atoms with E-state index in [0.717, 1.165) is 39.2 Å². The highest BCUT2D eigenvalue weighted by Crippen LogP contribution is 2.17. The zero-order valence-corrected chi connectivity index (χ0v) is 13.2. The van der Waals surface area contributed by atoms with Gasteiger partial charge >= 0.3 is 0 Å². The highest BCUT2D eigenvalue weighted by molar-refractivity contribution is 6.16. The minimum absolute atomic E-state index is 0.0453. The van der Waals surface area contributed by atoms with Crippen molar-refractivity contribution >= 4 is 29.7 Å². The van der Waals surface area contributed by atoms with Gasteiger partial charge in [-0.25, -0.2) is 4.99 Å². The lowest BCUT2D eigenvalue weighted by molar-refractivity contribution is -0.111. The smallest absolute Gasteiger partial charge is 0.204 e. The van der Waals surface area contributed by atoms with E-state index in [4.69, 9.17) is 0 Å². The summed E-state index contributed by atoms with van der Waals surface area (Å²) in [6, 6.07) is 8.04. The number of rotatable bonds is 0. The fourth-order valence-electron chi connectivity index (χ4n) is 3.05. The molecule has 0 aromatic carbocycles. The number of hydrogen-bond acceptors (Lipinski definition) is 3. The van der Waals surface area contributed by atoms with Crippen molar-refractivity contribution in [2.45, 2.75) is 0 Å². The Hall–Kier alpha value is -3.60. The van der Waals surface area contributed by atoms with Crippen LogP contribution in [0, 0.1) is 0 Å². The van der Waals surface area contributed by atoms with Gasteiger partial charge < -0.3 is 15.3 Å². The van der Waals surface area contributed by atoms with E-state index < -0.39 is 0 Å². The van der Waals surface area contributed by atoms with Crippen molar-refractivity contribution in [3.8, 4) is 0 Å². The van der Waals surface area contributed by atoms with Crippen molar-refractivity contribution < 1.29 is 4.79 Å². The molecule has 2 aromatic rings. The van der Waals surface area contributed by atoms with Gasteiger partial charge in [-0.15, -0.1) is 0 Å². The lowest BCUT2D eigenvalue weighted by Gasteiger charge is -1.99. The highest BCUT2D eigenvalue weighted by atomic mass is 16.1. The molecule has 5 heteroatoms. The summed E-state index contributed by atoms with van der Waals surface area (Å²) in [6.45, 7) is 0. The highest BCUT2D eigenvalue weighted by Gasteiger charge is 2.17. The molecule has 0 atom stereocenters. The number of carbonyl (C=O) groups excluding carboxylic acids is 1. The summed E-state index contributed by atoms with van der Waals surface area (Å²) in [4.78, 5) is 23.4. The molecule has 3 aliphatic heterocycles. The van der Waals surface area contributed by atoms with Gasteiger partial charge in [0.15, 0.2) is 0 Å². The van der Waals surface area contributed by atoms with Crippen LogP contribution in [0.5, 0.6) is 0 Å². The first kappa shape index (κ1) is 13.8. The summed E-state index contributed by atoms with van der Waals surface area (Å²) in [5, 5.41) is 5.07. The lowest BCUT2D eigenvalue weighted by atomic mass is 10.2. The SMILES string of the molecule is O=C1C=C2/C=c3/cc/c([nH]3)=C/c3ccc([nH]3)/C=C3/C=CC(=N3)/C=C/1N2. The third-order valence-corrected chi connectivity index (χ3v) is 4.19. The topological polar surface area (TPSA) is 73.0 Å². The van der Waals surface area contributed by atoms with Gasteiger partial charge in [0.1, 0.15) is 0 Å². The Bertz CT molecular complexity index is 1180. The molecular weight excluding hydrogens is 312 g/mol. The van der Waals surface area contributed by atoms with Crippen molar-refractivity contribution in [3.05, 3.63) is 87.7 Å². The number of fused-ring (bicyclic) bond motifs is 7. The van der Waals surface area contributed by atoms with E-state index in [1.165, 1.54) is 0 Å². The van der Waals surface area contributed by atoms with E-state index in [0.29, 0.717) is 5.70 Å². The lowest BCUT2D eigenvalue weighted by Crippen LogP contribution is -2.14. The first-order valence-electron chi connectivity index (χ1n) is 8.02. The first-order chi connectivity index (χ1) is 12.2. The van der Waals surface area contributed by atoms with Crippen molar-refractivity contribution in [2.75, 3.05) is 0 Å². The number of nitrogens with zero attached hydrogens (tertiary/aromatic N) is 1. The van der Waals surface area contributed by atoms with Crippen LogP contribution in [-0.4, -0.2) is 21.5 Å². The molecule has 2 aromatic heterocycles. The van der Waals surface area contributed by atoms with Crippen LogP contribution in [0.25, 0.3) is 18.2 Å². The van der Waals surface area contributed by atoms with Crippen molar-refractivity contribution in [2.24, 2.45) is 4.99 Å². The molecule has 0 fully saturated rings. The average molecular weight is 326 g/mol. The van der Waals surface area contributed by atoms with Gasteiger partial charge in [-0.2, -0.15) is 0 Å². The summed E-state index contributed by atoms with van der Waals surface area (Å²) in [6.07, 6.45) is 13.1. The zero-order chi connectivity index (χ0) is 16.8. The third kappa shape index (κ3) is 2.61. The molecule has 0 saturated heterocycles. The molecule has 0 saturated carbocycles. The number of H-pyrrole nitrogens is 2. The molecule has 0 spiro atoms. The molecule has 5 heterocycles. The second-order valence-electron chi connectivity index (χ2n) is 6.11. The van der Waals surface area contributed by atoms with Crippen molar-refractivity contribution in [3.63, 3.8) is 0 Å². The minimum atomic E-state index is -0.0453.